The Kier molecular flexibility index (Phi) is 3.31. The number of rotatable bonds is 3. The first-order valence-electron chi connectivity index (χ1n) is 3.91. The Morgan fingerprint density at radius 1 is 1.50 bits per heavy atom. The van der Waals surface area contributed by atoms with Crippen molar-refractivity contribution < 1.29 is 4.42 Å². The lowest BCUT2D eigenvalue weighted by atomic mass is 10.1. The van der Waals surface area contributed by atoms with E-state index >= 15 is 0 Å². The number of hydrogen-bond donors (Lipinski definition) is 2. The van der Waals surface area contributed by atoms with Crippen molar-refractivity contribution in [2.45, 2.75) is 25.4 Å². The summed E-state index contributed by atoms with van der Waals surface area (Å²) in [5.41, 5.74) is 11.6. The van der Waals surface area contributed by atoms with Crippen LogP contribution >= 0.6 is 15.9 Å². The average Bonchev–Trinajstić information content (AvgIpc) is 2.49. The van der Waals surface area contributed by atoms with E-state index in [2.05, 4.69) is 15.9 Å². The van der Waals surface area contributed by atoms with E-state index < -0.39 is 0 Å². The van der Waals surface area contributed by atoms with E-state index in [0.29, 0.717) is 4.67 Å². The summed E-state index contributed by atoms with van der Waals surface area (Å²) in [6, 6.07) is 3.41. The van der Waals surface area contributed by atoms with Crippen LogP contribution in [0.15, 0.2) is 21.2 Å². The molecule has 4 N–H and O–H groups in total. The van der Waals surface area contributed by atoms with Crippen LogP contribution in [0.1, 0.15) is 25.1 Å². The largest absolute Gasteiger partial charge is 0.453 e. The summed E-state index contributed by atoms with van der Waals surface area (Å²) in [7, 11) is 0. The molecular formula is C8H13BrN2O. The van der Waals surface area contributed by atoms with E-state index in [9.17, 15) is 0 Å². The van der Waals surface area contributed by atoms with Crippen LogP contribution in [0.4, 0.5) is 0 Å². The fourth-order valence-corrected chi connectivity index (χ4v) is 1.29. The second-order valence-corrected chi connectivity index (χ2v) is 3.52. The highest BCUT2D eigenvalue weighted by molar-refractivity contribution is 9.10. The minimum absolute atomic E-state index is 0.0388. The molecule has 0 aliphatic heterocycles. The Morgan fingerprint density at radius 2 is 2.17 bits per heavy atom. The fraction of sp³-hybridized carbons (Fsp3) is 0.500. The average molecular weight is 233 g/mol. The highest BCUT2D eigenvalue weighted by Gasteiger charge is 2.16. The van der Waals surface area contributed by atoms with Crippen molar-refractivity contribution in [2.24, 2.45) is 11.5 Å². The van der Waals surface area contributed by atoms with E-state index in [1.807, 2.05) is 19.1 Å². The molecule has 12 heavy (non-hydrogen) atoms. The van der Waals surface area contributed by atoms with Gasteiger partial charge in [0.15, 0.2) is 4.67 Å². The minimum atomic E-state index is -0.207. The number of furan rings is 1. The SMILES string of the molecule is CCC(N)C(N)c1ccc(Br)o1. The van der Waals surface area contributed by atoms with Gasteiger partial charge < -0.3 is 15.9 Å². The van der Waals surface area contributed by atoms with Crippen molar-refractivity contribution in [1.29, 1.82) is 0 Å². The molecule has 0 aliphatic carbocycles. The van der Waals surface area contributed by atoms with Crippen molar-refractivity contribution in [1.82, 2.24) is 0 Å². The van der Waals surface area contributed by atoms with Gasteiger partial charge in [0.1, 0.15) is 5.76 Å². The van der Waals surface area contributed by atoms with Crippen LogP contribution < -0.4 is 11.5 Å². The Morgan fingerprint density at radius 3 is 2.58 bits per heavy atom. The third-order valence-corrected chi connectivity index (χ3v) is 2.28. The summed E-state index contributed by atoms with van der Waals surface area (Å²) in [6.45, 7) is 2.00. The molecule has 0 aromatic carbocycles. The lowest BCUT2D eigenvalue weighted by Gasteiger charge is -2.15. The molecule has 0 radical (unpaired) electrons. The van der Waals surface area contributed by atoms with Gasteiger partial charge in [-0.1, -0.05) is 6.92 Å². The zero-order valence-corrected chi connectivity index (χ0v) is 8.54. The van der Waals surface area contributed by atoms with Gasteiger partial charge in [0.25, 0.3) is 0 Å². The molecule has 0 saturated carbocycles. The Labute approximate surface area is 80.2 Å². The van der Waals surface area contributed by atoms with Crippen LogP contribution in [-0.4, -0.2) is 6.04 Å². The molecule has 4 heteroatoms. The van der Waals surface area contributed by atoms with Gasteiger partial charge in [-0.05, 0) is 34.5 Å². The zero-order chi connectivity index (χ0) is 9.14. The van der Waals surface area contributed by atoms with Crippen molar-refractivity contribution in [3.63, 3.8) is 0 Å². The van der Waals surface area contributed by atoms with Gasteiger partial charge in [-0.3, -0.25) is 0 Å². The Bertz CT molecular complexity index is 249. The maximum absolute atomic E-state index is 5.82. The summed E-state index contributed by atoms with van der Waals surface area (Å²) in [4.78, 5) is 0. The molecule has 2 unspecified atom stereocenters. The first-order valence-corrected chi connectivity index (χ1v) is 4.70. The Balaban J connectivity index is 2.70. The van der Waals surface area contributed by atoms with Gasteiger partial charge in [-0.2, -0.15) is 0 Å². The monoisotopic (exact) mass is 232 g/mol. The minimum Gasteiger partial charge on any atom is -0.453 e. The standard InChI is InChI=1S/C8H13BrN2O/c1-2-5(10)8(11)6-3-4-7(9)12-6/h3-5,8H,2,10-11H2,1H3. The molecule has 1 heterocycles. The van der Waals surface area contributed by atoms with E-state index in [1.165, 1.54) is 0 Å². The summed E-state index contributed by atoms with van der Waals surface area (Å²) < 4.78 is 5.97. The summed E-state index contributed by atoms with van der Waals surface area (Å²) in [5, 5.41) is 0. The predicted molar refractivity (Wildman–Crippen MR) is 51.6 cm³/mol. The maximum Gasteiger partial charge on any atom is 0.169 e. The van der Waals surface area contributed by atoms with Crippen molar-refractivity contribution >= 4 is 15.9 Å². The van der Waals surface area contributed by atoms with E-state index in [0.717, 1.165) is 12.2 Å². The first-order chi connectivity index (χ1) is 5.65. The van der Waals surface area contributed by atoms with Gasteiger partial charge >= 0.3 is 0 Å². The first kappa shape index (κ1) is 9.77. The topological polar surface area (TPSA) is 65.2 Å². The lowest BCUT2D eigenvalue weighted by Crippen LogP contribution is -2.33. The summed E-state index contributed by atoms with van der Waals surface area (Å²) in [5.74, 6) is 0.733. The van der Waals surface area contributed by atoms with Crippen molar-refractivity contribution in [3.05, 3.63) is 22.6 Å². The third kappa shape index (κ3) is 2.09. The van der Waals surface area contributed by atoms with Crippen LogP contribution in [-0.2, 0) is 0 Å². The molecule has 1 rings (SSSR count). The molecule has 68 valence electrons. The highest BCUT2D eigenvalue weighted by atomic mass is 79.9. The van der Waals surface area contributed by atoms with Gasteiger partial charge in [0, 0.05) is 6.04 Å². The second kappa shape index (κ2) is 4.07. The smallest absolute Gasteiger partial charge is 0.169 e. The summed E-state index contributed by atoms with van der Waals surface area (Å²) >= 11 is 3.21. The van der Waals surface area contributed by atoms with Gasteiger partial charge in [-0.15, -0.1) is 0 Å². The number of nitrogens with two attached hydrogens (primary N) is 2. The maximum atomic E-state index is 5.82. The van der Waals surface area contributed by atoms with Crippen LogP contribution in [0.5, 0.6) is 0 Å². The predicted octanol–water partition coefficient (Wildman–Crippen LogP) is 1.78. The van der Waals surface area contributed by atoms with E-state index in [-0.39, 0.29) is 12.1 Å². The zero-order valence-electron chi connectivity index (χ0n) is 6.96. The number of hydrogen-bond acceptors (Lipinski definition) is 3. The molecule has 0 amide bonds. The van der Waals surface area contributed by atoms with Crippen LogP contribution in [0.25, 0.3) is 0 Å². The van der Waals surface area contributed by atoms with Gasteiger partial charge in [0.2, 0.25) is 0 Å². The van der Waals surface area contributed by atoms with Crippen LogP contribution in [0.3, 0.4) is 0 Å². The van der Waals surface area contributed by atoms with Crippen LogP contribution in [0.2, 0.25) is 0 Å². The normalized spacial score (nSPS) is 16.0. The summed E-state index contributed by atoms with van der Waals surface area (Å²) in [6.07, 6.45) is 0.847. The molecule has 0 saturated heterocycles. The Hall–Kier alpha value is -0.320. The molecule has 0 fully saturated rings. The molecule has 0 spiro atoms. The van der Waals surface area contributed by atoms with Gasteiger partial charge in [-0.25, -0.2) is 0 Å². The molecule has 1 aromatic heterocycles. The molecular weight excluding hydrogens is 220 g/mol. The quantitative estimate of drug-likeness (QED) is 0.836. The molecule has 0 bridgehead atoms. The molecule has 0 aliphatic rings. The van der Waals surface area contributed by atoms with Gasteiger partial charge in [0.05, 0.1) is 6.04 Å². The number of halogens is 1. The van der Waals surface area contributed by atoms with Crippen LogP contribution in [0, 0.1) is 0 Å². The lowest BCUT2D eigenvalue weighted by molar-refractivity contribution is 0.406. The second-order valence-electron chi connectivity index (χ2n) is 2.74. The van der Waals surface area contributed by atoms with E-state index in [4.69, 9.17) is 15.9 Å². The van der Waals surface area contributed by atoms with Crippen molar-refractivity contribution in [3.8, 4) is 0 Å². The highest BCUT2D eigenvalue weighted by Crippen LogP contribution is 2.21. The van der Waals surface area contributed by atoms with Crippen molar-refractivity contribution in [2.75, 3.05) is 0 Å². The molecule has 3 nitrogen and oxygen atoms in total. The van der Waals surface area contributed by atoms with E-state index in [1.54, 1.807) is 0 Å². The molecule has 2 atom stereocenters. The third-order valence-electron chi connectivity index (χ3n) is 1.86. The molecule has 1 aromatic rings. The fourth-order valence-electron chi connectivity index (χ4n) is 0.972.